The van der Waals surface area contributed by atoms with Crippen LogP contribution in [0.2, 0.25) is 0 Å². The highest BCUT2D eigenvalue weighted by Crippen LogP contribution is 2.29. The number of benzene rings is 2. The summed E-state index contributed by atoms with van der Waals surface area (Å²) >= 11 is 0. The molecule has 26 heavy (non-hydrogen) atoms. The molecule has 5 nitrogen and oxygen atoms in total. The third kappa shape index (κ3) is 3.63. The number of hydrogen-bond acceptors (Lipinski definition) is 3. The van der Waals surface area contributed by atoms with Gasteiger partial charge < -0.3 is 10.6 Å². The first-order chi connectivity index (χ1) is 12.7. The lowest BCUT2D eigenvalue weighted by Gasteiger charge is -2.26. The number of piperazine rings is 1. The molecule has 2 aromatic carbocycles. The van der Waals surface area contributed by atoms with Crippen LogP contribution in [-0.4, -0.2) is 36.3 Å². The van der Waals surface area contributed by atoms with Gasteiger partial charge in [-0.05, 0) is 54.2 Å². The number of hydrogen-bond donors (Lipinski definition) is 2. The maximum Gasteiger partial charge on any atom is 0.255 e. The van der Waals surface area contributed by atoms with Crippen molar-refractivity contribution in [2.45, 2.75) is 25.8 Å². The lowest BCUT2D eigenvalue weighted by molar-refractivity contribution is -0.124. The van der Waals surface area contributed by atoms with Crippen molar-refractivity contribution in [2.24, 2.45) is 0 Å². The SMILES string of the molecule is O=C1CN(Cc2ccc(C(=O)Nc3cccc4c3CCC4)cc2)CCN1. The molecule has 1 aliphatic heterocycles. The maximum absolute atomic E-state index is 12.6. The van der Waals surface area contributed by atoms with E-state index in [-0.39, 0.29) is 11.8 Å². The highest BCUT2D eigenvalue weighted by molar-refractivity contribution is 6.04. The highest BCUT2D eigenvalue weighted by atomic mass is 16.2. The molecule has 134 valence electrons. The maximum atomic E-state index is 12.6. The van der Waals surface area contributed by atoms with Gasteiger partial charge in [-0.25, -0.2) is 0 Å². The quantitative estimate of drug-likeness (QED) is 0.891. The van der Waals surface area contributed by atoms with Crippen molar-refractivity contribution in [3.05, 3.63) is 64.7 Å². The number of nitrogens with one attached hydrogen (secondary N) is 2. The fraction of sp³-hybridized carbons (Fsp3) is 0.333. The molecule has 2 aliphatic rings. The Morgan fingerprint density at radius 2 is 1.96 bits per heavy atom. The van der Waals surface area contributed by atoms with Crippen molar-refractivity contribution in [3.8, 4) is 0 Å². The van der Waals surface area contributed by atoms with Gasteiger partial charge in [-0.3, -0.25) is 14.5 Å². The summed E-state index contributed by atoms with van der Waals surface area (Å²) in [7, 11) is 0. The van der Waals surface area contributed by atoms with Crippen LogP contribution in [0.25, 0.3) is 0 Å². The van der Waals surface area contributed by atoms with Crippen LogP contribution in [0.1, 0.15) is 33.5 Å². The van der Waals surface area contributed by atoms with Crippen LogP contribution < -0.4 is 10.6 Å². The van der Waals surface area contributed by atoms with Crippen LogP contribution in [-0.2, 0) is 24.2 Å². The number of carbonyl (C=O) groups is 2. The Balaban J connectivity index is 1.41. The van der Waals surface area contributed by atoms with E-state index in [9.17, 15) is 9.59 Å². The molecule has 4 rings (SSSR count). The van der Waals surface area contributed by atoms with E-state index in [0.717, 1.165) is 43.6 Å². The summed E-state index contributed by atoms with van der Waals surface area (Å²) in [5, 5.41) is 5.89. The lowest BCUT2D eigenvalue weighted by Crippen LogP contribution is -2.47. The Kier molecular flexibility index (Phi) is 4.71. The molecule has 0 spiro atoms. The number of amides is 2. The fourth-order valence-corrected chi connectivity index (χ4v) is 3.78. The summed E-state index contributed by atoms with van der Waals surface area (Å²) in [4.78, 5) is 26.2. The molecule has 1 aliphatic carbocycles. The van der Waals surface area contributed by atoms with Gasteiger partial charge in [-0.1, -0.05) is 24.3 Å². The van der Waals surface area contributed by atoms with E-state index in [2.05, 4.69) is 21.6 Å². The Morgan fingerprint density at radius 3 is 2.77 bits per heavy atom. The smallest absolute Gasteiger partial charge is 0.255 e. The summed E-state index contributed by atoms with van der Waals surface area (Å²) in [5.41, 5.74) is 5.33. The summed E-state index contributed by atoms with van der Waals surface area (Å²) in [5.74, 6) is -0.00292. The molecular formula is C21H23N3O2. The van der Waals surface area contributed by atoms with E-state index >= 15 is 0 Å². The molecule has 1 heterocycles. The number of aryl methyl sites for hydroxylation is 1. The number of rotatable bonds is 4. The lowest BCUT2D eigenvalue weighted by atomic mass is 10.1. The van der Waals surface area contributed by atoms with Gasteiger partial charge in [0.2, 0.25) is 5.91 Å². The zero-order chi connectivity index (χ0) is 17.9. The molecule has 2 amide bonds. The van der Waals surface area contributed by atoms with E-state index in [1.807, 2.05) is 36.4 Å². The first-order valence-corrected chi connectivity index (χ1v) is 9.19. The third-order valence-electron chi connectivity index (χ3n) is 5.13. The molecule has 0 bridgehead atoms. The van der Waals surface area contributed by atoms with Crippen LogP contribution >= 0.6 is 0 Å². The second-order valence-corrected chi connectivity index (χ2v) is 7.01. The topological polar surface area (TPSA) is 61.4 Å². The van der Waals surface area contributed by atoms with Crippen molar-refractivity contribution >= 4 is 17.5 Å². The van der Waals surface area contributed by atoms with Gasteiger partial charge in [0.25, 0.3) is 5.91 Å². The standard InChI is InChI=1S/C21H23N3O2/c25-20-14-24(12-11-22-20)13-15-7-9-17(10-8-15)21(26)23-19-6-2-4-16-3-1-5-18(16)19/h2,4,6-10H,1,3,5,11-14H2,(H,22,25)(H,23,26). The van der Waals surface area contributed by atoms with Crippen LogP contribution in [0.4, 0.5) is 5.69 Å². The van der Waals surface area contributed by atoms with Gasteiger partial charge in [-0.15, -0.1) is 0 Å². The van der Waals surface area contributed by atoms with E-state index in [4.69, 9.17) is 0 Å². The van der Waals surface area contributed by atoms with Crippen molar-refractivity contribution in [1.82, 2.24) is 10.2 Å². The molecule has 2 N–H and O–H groups in total. The van der Waals surface area contributed by atoms with Crippen molar-refractivity contribution < 1.29 is 9.59 Å². The van der Waals surface area contributed by atoms with Crippen molar-refractivity contribution in [1.29, 1.82) is 0 Å². The molecule has 0 radical (unpaired) electrons. The number of fused-ring (bicyclic) bond motifs is 1. The molecule has 0 atom stereocenters. The van der Waals surface area contributed by atoms with E-state index < -0.39 is 0 Å². The second kappa shape index (κ2) is 7.30. The Labute approximate surface area is 153 Å². The Morgan fingerprint density at radius 1 is 1.12 bits per heavy atom. The summed E-state index contributed by atoms with van der Waals surface area (Å²) < 4.78 is 0. The van der Waals surface area contributed by atoms with Gasteiger partial charge in [0.1, 0.15) is 0 Å². The minimum Gasteiger partial charge on any atom is -0.354 e. The molecule has 0 unspecified atom stereocenters. The molecule has 5 heteroatoms. The first-order valence-electron chi connectivity index (χ1n) is 9.19. The van der Waals surface area contributed by atoms with Crippen molar-refractivity contribution in [2.75, 3.05) is 25.0 Å². The monoisotopic (exact) mass is 349 g/mol. The third-order valence-corrected chi connectivity index (χ3v) is 5.13. The van der Waals surface area contributed by atoms with Crippen LogP contribution in [0.3, 0.4) is 0 Å². The number of anilines is 1. The predicted molar refractivity (Wildman–Crippen MR) is 101 cm³/mol. The molecule has 0 saturated carbocycles. The van der Waals surface area contributed by atoms with E-state index in [1.54, 1.807) is 0 Å². The molecule has 1 saturated heterocycles. The number of carbonyl (C=O) groups excluding carboxylic acids is 2. The molecular weight excluding hydrogens is 326 g/mol. The average molecular weight is 349 g/mol. The van der Waals surface area contributed by atoms with E-state index in [1.165, 1.54) is 11.1 Å². The number of nitrogens with zero attached hydrogens (tertiary/aromatic N) is 1. The van der Waals surface area contributed by atoms with E-state index in [0.29, 0.717) is 18.7 Å². The zero-order valence-corrected chi connectivity index (χ0v) is 14.8. The normalized spacial score (nSPS) is 16.8. The minimum atomic E-state index is -0.0748. The average Bonchev–Trinajstić information content (AvgIpc) is 3.12. The van der Waals surface area contributed by atoms with Crippen LogP contribution in [0.15, 0.2) is 42.5 Å². The Bertz CT molecular complexity index is 830. The summed E-state index contributed by atoms with van der Waals surface area (Å²) in [6.45, 7) is 2.71. The van der Waals surface area contributed by atoms with Gasteiger partial charge in [0, 0.05) is 30.9 Å². The van der Waals surface area contributed by atoms with Gasteiger partial charge in [0.15, 0.2) is 0 Å². The molecule has 2 aromatic rings. The Hall–Kier alpha value is -2.66. The fourth-order valence-electron chi connectivity index (χ4n) is 3.78. The second-order valence-electron chi connectivity index (χ2n) is 7.01. The van der Waals surface area contributed by atoms with Gasteiger partial charge >= 0.3 is 0 Å². The van der Waals surface area contributed by atoms with Gasteiger partial charge in [0.05, 0.1) is 6.54 Å². The molecule has 1 fully saturated rings. The van der Waals surface area contributed by atoms with Crippen LogP contribution in [0, 0.1) is 0 Å². The predicted octanol–water partition coefficient (Wildman–Crippen LogP) is 2.36. The molecule has 0 aromatic heterocycles. The summed E-state index contributed by atoms with van der Waals surface area (Å²) in [6, 6.07) is 13.8. The van der Waals surface area contributed by atoms with Crippen molar-refractivity contribution in [3.63, 3.8) is 0 Å². The van der Waals surface area contributed by atoms with Gasteiger partial charge in [-0.2, -0.15) is 0 Å². The first kappa shape index (κ1) is 16.8. The summed E-state index contributed by atoms with van der Waals surface area (Å²) in [6.07, 6.45) is 3.29. The minimum absolute atomic E-state index is 0.0719. The van der Waals surface area contributed by atoms with Crippen LogP contribution in [0.5, 0.6) is 0 Å². The highest BCUT2D eigenvalue weighted by Gasteiger charge is 2.18. The zero-order valence-electron chi connectivity index (χ0n) is 14.8. The largest absolute Gasteiger partial charge is 0.354 e.